The molecule has 0 N–H and O–H groups in total. The Morgan fingerprint density at radius 1 is 1.14 bits per heavy atom. The normalized spacial score (nSPS) is 46.9. The maximum absolute atomic E-state index is 2.49. The first-order valence-electron chi connectivity index (χ1n) is 6.17. The lowest BCUT2D eigenvalue weighted by molar-refractivity contribution is 0.244. The quantitative estimate of drug-likeness (QED) is 0.588. The molecule has 0 aromatic heterocycles. The molecule has 0 aromatic carbocycles. The first-order chi connectivity index (χ1) is 6.17. The van der Waals surface area contributed by atoms with Crippen LogP contribution in [-0.4, -0.2) is 0 Å². The summed E-state index contributed by atoms with van der Waals surface area (Å²) in [6, 6.07) is 0. The largest absolute Gasteiger partial charge is 0.269 e. The van der Waals surface area contributed by atoms with Gasteiger partial charge < -0.3 is 0 Å². The van der Waals surface area contributed by atoms with Crippen molar-refractivity contribution in [2.75, 3.05) is 0 Å². The third-order valence-electron chi connectivity index (χ3n) is 5.00. The van der Waals surface area contributed by atoms with Crippen molar-refractivity contribution in [1.29, 1.82) is 0 Å². The van der Waals surface area contributed by atoms with Gasteiger partial charge in [-0.05, 0) is 42.4 Å². The van der Waals surface area contributed by atoms with Crippen LogP contribution in [0.2, 0.25) is 0 Å². The molecule has 2 aliphatic carbocycles. The van der Waals surface area contributed by atoms with Crippen molar-refractivity contribution in [3.63, 3.8) is 0 Å². The zero-order valence-corrected chi connectivity index (χ0v) is 9.88. The van der Waals surface area contributed by atoms with Gasteiger partial charge in [-0.25, -0.2) is 0 Å². The van der Waals surface area contributed by atoms with Crippen LogP contribution >= 0.6 is 0 Å². The molecule has 0 saturated heterocycles. The molecule has 2 rings (SSSR count). The Bertz CT molecular complexity index is 190. The van der Waals surface area contributed by atoms with Crippen LogP contribution in [0, 0.1) is 23.2 Å². The summed E-state index contributed by atoms with van der Waals surface area (Å²) >= 11 is 0. The van der Waals surface area contributed by atoms with Crippen LogP contribution in [0.1, 0.15) is 59.3 Å². The molecular formula is C13H25F. The average molecular weight is 200 g/mol. The molecular weight excluding hydrogens is 175 g/mol. The highest BCUT2D eigenvalue weighted by Gasteiger charge is 2.45. The van der Waals surface area contributed by atoms with Gasteiger partial charge in [0.2, 0.25) is 0 Å². The Balaban J connectivity index is 0.000000980. The lowest BCUT2D eigenvalue weighted by Crippen LogP contribution is -2.15. The smallest absolute Gasteiger partial charge is 0.0295 e. The van der Waals surface area contributed by atoms with E-state index in [0.717, 1.165) is 23.2 Å². The molecule has 14 heavy (non-hydrogen) atoms. The molecule has 84 valence electrons. The lowest BCUT2D eigenvalue weighted by atomic mass is 9.78. The van der Waals surface area contributed by atoms with E-state index in [0.29, 0.717) is 0 Å². The second-order valence-electron chi connectivity index (χ2n) is 5.77. The fourth-order valence-corrected chi connectivity index (χ4v) is 4.06. The molecule has 1 heteroatoms. The maximum atomic E-state index is 2.49. The van der Waals surface area contributed by atoms with Crippen molar-refractivity contribution in [1.82, 2.24) is 0 Å². The Morgan fingerprint density at radius 3 is 2.50 bits per heavy atom. The monoisotopic (exact) mass is 200 g/mol. The fourth-order valence-electron chi connectivity index (χ4n) is 4.06. The maximum Gasteiger partial charge on any atom is -0.0295 e. The van der Waals surface area contributed by atoms with Gasteiger partial charge in [-0.15, -0.1) is 0 Å². The van der Waals surface area contributed by atoms with E-state index in [4.69, 9.17) is 0 Å². The number of fused-ring (bicyclic) bond motifs is 2. The van der Waals surface area contributed by atoms with E-state index in [-0.39, 0.29) is 4.70 Å². The first kappa shape index (κ1) is 12.0. The van der Waals surface area contributed by atoms with E-state index in [9.17, 15) is 0 Å². The third kappa shape index (κ3) is 1.83. The van der Waals surface area contributed by atoms with Crippen LogP contribution < -0.4 is 0 Å². The molecule has 2 fully saturated rings. The summed E-state index contributed by atoms with van der Waals surface area (Å²) in [6.45, 7) is 7.38. The van der Waals surface area contributed by atoms with Gasteiger partial charge in [-0.2, -0.15) is 0 Å². The van der Waals surface area contributed by atoms with Crippen LogP contribution in [-0.2, 0) is 0 Å². The fraction of sp³-hybridized carbons (Fsp3) is 1.00. The Hall–Kier alpha value is -0.0700. The summed E-state index contributed by atoms with van der Waals surface area (Å²) in [5.41, 5.74) is 0.773. The van der Waals surface area contributed by atoms with Crippen molar-refractivity contribution in [3.8, 4) is 0 Å². The Labute approximate surface area is 87.8 Å². The zero-order chi connectivity index (χ0) is 9.47. The van der Waals surface area contributed by atoms with E-state index >= 15 is 0 Å². The van der Waals surface area contributed by atoms with Crippen molar-refractivity contribution in [2.45, 2.75) is 59.3 Å². The van der Waals surface area contributed by atoms with E-state index in [1.54, 1.807) is 6.42 Å². The predicted octanol–water partition coefficient (Wildman–Crippen LogP) is 4.40. The number of hydrogen-bond donors (Lipinski definition) is 0. The third-order valence-corrected chi connectivity index (χ3v) is 5.00. The van der Waals surface area contributed by atoms with Crippen LogP contribution in [0.4, 0.5) is 4.70 Å². The molecule has 2 aliphatic rings. The number of rotatable bonds is 1. The van der Waals surface area contributed by atoms with Crippen LogP contribution in [0.5, 0.6) is 0 Å². The SMILES string of the molecule is CC[C@]12CCCC(C)C(C1)[C@H](C)C2.F. The summed E-state index contributed by atoms with van der Waals surface area (Å²) in [6.07, 6.45) is 9.02. The highest BCUT2D eigenvalue weighted by atomic mass is 19.0. The molecule has 0 spiro atoms. The summed E-state index contributed by atoms with van der Waals surface area (Å²) < 4.78 is 0. The average Bonchev–Trinajstić information content (AvgIpc) is 2.34. The van der Waals surface area contributed by atoms with Crippen molar-refractivity contribution >= 4 is 0 Å². The Kier molecular flexibility index (Phi) is 3.60. The second-order valence-corrected chi connectivity index (χ2v) is 5.77. The predicted molar refractivity (Wildman–Crippen MR) is 60.1 cm³/mol. The molecule has 0 aliphatic heterocycles. The second kappa shape index (κ2) is 4.20. The molecule has 2 bridgehead atoms. The molecule has 2 saturated carbocycles. The van der Waals surface area contributed by atoms with Gasteiger partial charge in [-0.3, -0.25) is 4.70 Å². The molecule has 0 nitrogen and oxygen atoms in total. The van der Waals surface area contributed by atoms with E-state index in [1.807, 2.05) is 0 Å². The number of hydrogen-bond acceptors (Lipinski definition) is 0. The van der Waals surface area contributed by atoms with Gasteiger partial charge in [0, 0.05) is 0 Å². The standard InChI is InChI=1S/C13H24.FH/c1-4-13-7-5-6-10(2)12(9-13)11(3)8-13;/h10-12H,4-9H2,1-3H3;1H/t10?,11-,12?,13-;/m1./s1. The molecule has 4 atom stereocenters. The molecule has 0 amide bonds. The minimum Gasteiger partial charge on any atom is -0.269 e. The molecule has 0 heterocycles. The zero-order valence-electron chi connectivity index (χ0n) is 9.88. The molecule has 0 aromatic rings. The minimum absolute atomic E-state index is 0. The van der Waals surface area contributed by atoms with E-state index in [1.165, 1.54) is 32.1 Å². The van der Waals surface area contributed by atoms with Crippen LogP contribution in [0.25, 0.3) is 0 Å². The van der Waals surface area contributed by atoms with E-state index in [2.05, 4.69) is 20.8 Å². The van der Waals surface area contributed by atoms with E-state index < -0.39 is 0 Å². The topological polar surface area (TPSA) is 0 Å². The van der Waals surface area contributed by atoms with Crippen LogP contribution in [0.15, 0.2) is 0 Å². The summed E-state index contributed by atoms with van der Waals surface area (Å²) in [7, 11) is 0. The van der Waals surface area contributed by atoms with Gasteiger partial charge in [0.1, 0.15) is 0 Å². The van der Waals surface area contributed by atoms with Gasteiger partial charge in [0.25, 0.3) is 0 Å². The van der Waals surface area contributed by atoms with Gasteiger partial charge in [0.05, 0.1) is 0 Å². The van der Waals surface area contributed by atoms with Gasteiger partial charge >= 0.3 is 0 Å². The summed E-state index contributed by atoms with van der Waals surface area (Å²) in [5, 5.41) is 0. The van der Waals surface area contributed by atoms with Crippen LogP contribution in [0.3, 0.4) is 0 Å². The summed E-state index contributed by atoms with van der Waals surface area (Å²) in [4.78, 5) is 0. The molecule has 0 radical (unpaired) electrons. The van der Waals surface area contributed by atoms with Crippen molar-refractivity contribution in [2.24, 2.45) is 23.2 Å². The number of halogens is 1. The van der Waals surface area contributed by atoms with Crippen molar-refractivity contribution in [3.05, 3.63) is 0 Å². The van der Waals surface area contributed by atoms with Gasteiger partial charge in [-0.1, -0.05) is 40.0 Å². The minimum atomic E-state index is 0. The Morgan fingerprint density at radius 2 is 1.86 bits per heavy atom. The first-order valence-corrected chi connectivity index (χ1v) is 6.17. The van der Waals surface area contributed by atoms with Crippen molar-refractivity contribution < 1.29 is 4.70 Å². The lowest BCUT2D eigenvalue weighted by Gasteiger charge is -2.27. The highest BCUT2D eigenvalue weighted by Crippen LogP contribution is 2.55. The molecule has 2 unspecified atom stereocenters. The summed E-state index contributed by atoms with van der Waals surface area (Å²) in [5.74, 6) is 3.07. The van der Waals surface area contributed by atoms with Gasteiger partial charge in [0.15, 0.2) is 0 Å². The highest BCUT2D eigenvalue weighted by molar-refractivity contribution is 4.95.